The lowest BCUT2D eigenvalue weighted by atomic mass is 9.80. The van der Waals surface area contributed by atoms with Crippen molar-refractivity contribution in [2.45, 2.75) is 45.4 Å². The molecule has 4 heteroatoms. The van der Waals surface area contributed by atoms with Gasteiger partial charge in [-0.25, -0.2) is 4.39 Å². The van der Waals surface area contributed by atoms with Crippen LogP contribution in [0.4, 0.5) is 4.39 Å². The first-order valence-electron chi connectivity index (χ1n) is 8.53. The van der Waals surface area contributed by atoms with Gasteiger partial charge >= 0.3 is 5.97 Å². The molecule has 2 aromatic rings. The van der Waals surface area contributed by atoms with Crippen LogP contribution < -0.4 is 0 Å². The molecule has 1 unspecified atom stereocenters. The molecule has 2 rings (SSSR count). The van der Waals surface area contributed by atoms with Gasteiger partial charge in [-0.2, -0.15) is 0 Å². The molecule has 0 amide bonds. The lowest BCUT2D eigenvalue weighted by Gasteiger charge is -2.24. The van der Waals surface area contributed by atoms with Crippen molar-refractivity contribution in [3.8, 4) is 11.1 Å². The van der Waals surface area contributed by atoms with E-state index in [1.807, 2.05) is 26.0 Å². The molecule has 0 bridgehead atoms. The highest BCUT2D eigenvalue weighted by atomic mass is 19.1. The third-order valence-corrected chi connectivity index (χ3v) is 4.51. The molecule has 2 aromatic carbocycles. The lowest BCUT2D eigenvalue weighted by Crippen LogP contribution is -2.19. The normalized spacial score (nSPS) is 12.6. The largest absolute Gasteiger partial charge is 0.481 e. The minimum absolute atomic E-state index is 0.0984. The van der Waals surface area contributed by atoms with Gasteiger partial charge in [0, 0.05) is 0 Å². The molecule has 0 saturated carbocycles. The van der Waals surface area contributed by atoms with Crippen molar-refractivity contribution < 1.29 is 19.4 Å². The van der Waals surface area contributed by atoms with Crippen LogP contribution >= 0.6 is 0 Å². The van der Waals surface area contributed by atoms with Gasteiger partial charge in [0.05, 0.1) is 6.61 Å². The van der Waals surface area contributed by atoms with Crippen LogP contribution in [0.1, 0.15) is 62.1 Å². The second-order valence-corrected chi connectivity index (χ2v) is 6.96. The van der Waals surface area contributed by atoms with Crippen molar-refractivity contribution >= 4 is 5.97 Å². The smallest absolute Gasteiger partial charge is 0.313 e. The fourth-order valence-electron chi connectivity index (χ4n) is 3.06. The number of hydrogen-bond acceptors (Lipinski definition) is 2. The summed E-state index contributed by atoms with van der Waals surface area (Å²) >= 11 is 0. The number of aliphatic hydroxyl groups excluding tert-OH is 1. The van der Waals surface area contributed by atoms with Crippen LogP contribution in [0.25, 0.3) is 11.1 Å². The maximum absolute atomic E-state index is 13.3. The highest BCUT2D eigenvalue weighted by Crippen LogP contribution is 2.38. The molecule has 0 fully saturated rings. The molecule has 25 heavy (non-hydrogen) atoms. The van der Waals surface area contributed by atoms with Gasteiger partial charge in [-0.1, -0.05) is 52.0 Å². The summed E-state index contributed by atoms with van der Waals surface area (Å²) in [6, 6.07) is 10.0. The zero-order valence-electron chi connectivity index (χ0n) is 15.1. The van der Waals surface area contributed by atoms with Gasteiger partial charge in [-0.15, -0.1) is 0 Å². The first-order valence-corrected chi connectivity index (χ1v) is 8.53. The summed E-state index contributed by atoms with van der Waals surface area (Å²) in [6.07, 6.45) is 0. The summed E-state index contributed by atoms with van der Waals surface area (Å²) in [5.74, 6) is -2.06. The third kappa shape index (κ3) is 4.07. The van der Waals surface area contributed by atoms with E-state index >= 15 is 0 Å². The number of aliphatic carboxylic acids is 1. The molecule has 134 valence electrons. The number of hydrogen-bond donors (Lipinski definition) is 2. The molecule has 0 aliphatic rings. The molecule has 0 radical (unpaired) electrons. The van der Waals surface area contributed by atoms with E-state index in [4.69, 9.17) is 0 Å². The van der Waals surface area contributed by atoms with E-state index in [0.29, 0.717) is 5.56 Å². The van der Waals surface area contributed by atoms with Crippen molar-refractivity contribution in [2.24, 2.45) is 0 Å². The summed E-state index contributed by atoms with van der Waals surface area (Å²) in [4.78, 5) is 11.7. The van der Waals surface area contributed by atoms with Gasteiger partial charge in [0.25, 0.3) is 0 Å². The fraction of sp³-hybridized carbons (Fsp3) is 0.381. The van der Waals surface area contributed by atoms with Gasteiger partial charge in [0.1, 0.15) is 11.7 Å². The molecule has 0 saturated heterocycles. The Kier molecular flexibility index (Phi) is 5.96. The Morgan fingerprint density at radius 3 is 2.08 bits per heavy atom. The maximum Gasteiger partial charge on any atom is 0.313 e. The van der Waals surface area contributed by atoms with E-state index < -0.39 is 18.5 Å². The molecule has 3 nitrogen and oxygen atoms in total. The van der Waals surface area contributed by atoms with Crippen LogP contribution in [0, 0.1) is 5.82 Å². The number of aliphatic hydroxyl groups is 1. The van der Waals surface area contributed by atoms with Crippen molar-refractivity contribution in [2.75, 3.05) is 6.61 Å². The number of carboxylic acids is 1. The predicted octanol–water partition coefficient (Wildman–Crippen LogP) is 4.90. The van der Waals surface area contributed by atoms with Crippen molar-refractivity contribution in [1.29, 1.82) is 0 Å². The van der Waals surface area contributed by atoms with E-state index in [1.165, 1.54) is 12.1 Å². The lowest BCUT2D eigenvalue weighted by molar-refractivity contribution is -0.139. The summed E-state index contributed by atoms with van der Waals surface area (Å²) in [6.45, 7) is 7.69. The van der Waals surface area contributed by atoms with Crippen LogP contribution in [0.3, 0.4) is 0 Å². The SMILES string of the molecule is CC(C)c1cc(-c2ccc(F)cc2)c(C(CO)C(=O)O)c(C(C)C)c1. The summed E-state index contributed by atoms with van der Waals surface area (Å²) < 4.78 is 13.3. The number of carbonyl (C=O) groups is 1. The van der Waals surface area contributed by atoms with E-state index in [0.717, 1.165) is 22.3 Å². The topological polar surface area (TPSA) is 57.5 Å². The Morgan fingerprint density at radius 1 is 1.04 bits per heavy atom. The van der Waals surface area contributed by atoms with Crippen LogP contribution in [-0.2, 0) is 4.79 Å². The Morgan fingerprint density at radius 2 is 1.64 bits per heavy atom. The number of benzene rings is 2. The zero-order valence-corrected chi connectivity index (χ0v) is 15.1. The Balaban J connectivity index is 2.84. The highest BCUT2D eigenvalue weighted by Gasteiger charge is 2.27. The minimum Gasteiger partial charge on any atom is -0.481 e. The maximum atomic E-state index is 13.3. The van der Waals surface area contributed by atoms with Crippen LogP contribution in [-0.4, -0.2) is 22.8 Å². The van der Waals surface area contributed by atoms with Crippen molar-refractivity contribution in [3.63, 3.8) is 0 Å². The molecular formula is C21H25FO3. The number of carboxylic acid groups (broad SMARTS) is 1. The quantitative estimate of drug-likeness (QED) is 0.783. The number of rotatable bonds is 6. The summed E-state index contributed by atoms with van der Waals surface area (Å²) in [5.41, 5.74) is 4.11. The summed E-state index contributed by atoms with van der Waals surface area (Å²) in [7, 11) is 0. The average molecular weight is 344 g/mol. The predicted molar refractivity (Wildman–Crippen MR) is 97.5 cm³/mol. The van der Waals surface area contributed by atoms with Crippen LogP contribution in [0.2, 0.25) is 0 Å². The van der Waals surface area contributed by atoms with Gasteiger partial charge in [-0.05, 0) is 51.8 Å². The molecule has 0 aromatic heterocycles. The Bertz CT molecular complexity index is 748. The first kappa shape index (κ1) is 19.1. The molecule has 0 heterocycles. The molecule has 1 atom stereocenters. The molecule has 2 N–H and O–H groups in total. The first-order chi connectivity index (χ1) is 11.8. The van der Waals surface area contributed by atoms with Gasteiger partial charge in [0.2, 0.25) is 0 Å². The third-order valence-electron chi connectivity index (χ3n) is 4.51. The van der Waals surface area contributed by atoms with Gasteiger partial charge < -0.3 is 10.2 Å². The molecular weight excluding hydrogens is 319 g/mol. The van der Waals surface area contributed by atoms with Crippen LogP contribution in [0.15, 0.2) is 36.4 Å². The Hall–Kier alpha value is -2.20. The Labute approximate surface area is 148 Å². The zero-order chi connectivity index (χ0) is 18.7. The molecule has 0 aliphatic carbocycles. The van der Waals surface area contributed by atoms with E-state index in [1.54, 1.807) is 12.1 Å². The van der Waals surface area contributed by atoms with E-state index in [9.17, 15) is 19.4 Å². The molecule has 0 aliphatic heterocycles. The van der Waals surface area contributed by atoms with Gasteiger partial charge in [-0.3, -0.25) is 4.79 Å². The monoisotopic (exact) mass is 344 g/mol. The van der Waals surface area contributed by atoms with Gasteiger partial charge in [0.15, 0.2) is 0 Å². The van der Waals surface area contributed by atoms with E-state index in [-0.39, 0.29) is 17.7 Å². The standard InChI is InChI=1S/C21H25FO3/c1-12(2)15-9-17(13(3)4)20(19(11-23)21(24)25)18(10-15)14-5-7-16(22)8-6-14/h5-10,12-13,19,23H,11H2,1-4H3,(H,24,25). The minimum atomic E-state index is -1.06. The fourth-order valence-corrected chi connectivity index (χ4v) is 3.06. The van der Waals surface area contributed by atoms with Crippen molar-refractivity contribution in [3.05, 3.63) is 58.9 Å². The summed E-state index contributed by atoms with van der Waals surface area (Å²) in [5, 5.41) is 19.3. The second-order valence-electron chi connectivity index (χ2n) is 6.96. The second kappa shape index (κ2) is 7.79. The van der Waals surface area contributed by atoms with E-state index in [2.05, 4.69) is 13.8 Å². The van der Waals surface area contributed by atoms with Crippen molar-refractivity contribution in [1.82, 2.24) is 0 Å². The van der Waals surface area contributed by atoms with Crippen LogP contribution in [0.5, 0.6) is 0 Å². The molecule has 0 spiro atoms. The highest BCUT2D eigenvalue weighted by molar-refractivity contribution is 5.83. The number of halogens is 1. The average Bonchev–Trinajstić information content (AvgIpc) is 2.55.